The molecule has 2 atom stereocenters. The third-order valence-corrected chi connectivity index (χ3v) is 5.64. The minimum atomic E-state index is -0.0805. The van der Waals surface area contributed by atoms with Gasteiger partial charge in [0.2, 0.25) is 0 Å². The van der Waals surface area contributed by atoms with Crippen molar-refractivity contribution in [2.24, 2.45) is 0 Å². The molecule has 0 saturated heterocycles. The van der Waals surface area contributed by atoms with Crippen LogP contribution in [0.1, 0.15) is 38.1 Å². The fourth-order valence-electron chi connectivity index (χ4n) is 3.52. The Kier molecular flexibility index (Phi) is 3.36. The molecule has 2 fully saturated rings. The molecule has 2 aromatic heterocycles. The molecule has 4 rings (SSSR count). The van der Waals surface area contributed by atoms with Crippen molar-refractivity contribution in [2.45, 2.75) is 49.7 Å². The zero-order valence-electron chi connectivity index (χ0n) is 12.0. The highest BCUT2D eigenvalue weighted by Crippen LogP contribution is 2.41. The van der Waals surface area contributed by atoms with Gasteiger partial charge in [-0.15, -0.1) is 11.3 Å². The van der Waals surface area contributed by atoms with Crippen LogP contribution in [0.15, 0.2) is 29.9 Å². The summed E-state index contributed by atoms with van der Waals surface area (Å²) < 4.78 is 2.30. The Morgan fingerprint density at radius 3 is 3.05 bits per heavy atom. The van der Waals surface area contributed by atoms with Crippen molar-refractivity contribution in [1.29, 1.82) is 0 Å². The molecule has 2 aliphatic carbocycles. The molecule has 0 spiro atoms. The van der Waals surface area contributed by atoms with E-state index in [0.717, 1.165) is 25.1 Å². The first-order valence-corrected chi connectivity index (χ1v) is 8.63. The first-order valence-electron chi connectivity index (χ1n) is 7.75. The van der Waals surface area contributed by atoms with Crippen molar-refractivity contribution in [3.05, 3.63) is 29.9 Å². The summed E-state index contributed by atoms with van der Waals surface area (Å²) in [4.78, 5) is 5.76. The van der Waals surface area contributed by atoms with Gasteiger partial charge in [-0.25, -0.2) is 4.98 Å². The molecule has 5 heteroatoms. The monoisotopic (exact) mass is 303 g/mol. The van der Waals surface area contributed by atoms with Gasteiger partial charge in [0.25, 0.3) is 0 Å². The van der Waals surface area contributed by atoms with E-state index >= 15 is 0 Å². The molecular formula is C16H21N3OS. The van der Waals surface area contributed by atoms with Crippen molar-refractivity contribution in [1.82, 2.24) is 14.9 Å². The van der Waals surface area contributed by atoms with Crippen molar-refractivity contribution < 1.29 is 5.11 Å². The van der Waals surface area contributed by atoms with Crippen LogP contribution < -0.4 is 5.32 Å². The van der Waals surface area contributed by atoms with E-state index in [0.29, 0.717) is 12.1 Å². The lowest BCUT2D eigenvalue weighted by atomic mass is 9.98. The number of hydrogen-bond acceptors (Lipinski definition) is 4. The molecule has 2 aromatic rings. The van der Waals surface area contributed by atoms with Crippen LogP contribution in [-0.4, -0.2) is 32.8 Å². The normalized spacial score (nSPS) is 29.1. The van der Waals surface area contributed by atoms with Gasteiger partial charge < -0.3 is 15.0 Å². The lowest BCUT2D eigenvalue weighted by molar-refractivity contribution is 0.159. The van der Waals surface area contributed by atoms with Gasteiger partial charge in [-0.1, -0.05) is 6.07 Å². The zero-order chi connectivity index (χ0) is 14.3. The number of nitrogens with zero attached hydrogens (tertiary/aromatic N) is 2. The average molecular weight is 303 g/mol. The molecule has 112 valence electrons. The molecule has 0 bridgehead atoms. The number of thiophene rings is 1. The number of aliphatic hydroxyl groups excluding tert-OH is 1. The Labute approximate surface area is 128 Å². The predicted octanol–water partition coefficient (Wildman–Crippen LogP) is 2.82. The molecule has 2 aliphatic rings. The number of hydrogen-bond donors (Lipinski definition) is 2. The van der Waals surface area contributed by atoms with Crippen molar-refractivity contribution >= 4 is 11.3 Å². The van der Waals surface area contributed by atoms with E-state index < -0.39 is 0 Å². The highest BCUT2D eigenvalue weighted by atomic mass is 32.1. The second kappa shape index (κ2) is 5.23. The Balaban J connectivity index is 1.57. The van der Waals surface area contributed by atoms with Gasteiger partial charge in [-0.05, 0) is 43.6 Å². The third-order valence-electron chi connectivity index (χ3n) is 4.78. The van der Waals surface area contributed by atoms with Crippen LogP contribution in [0, 0.1) is 0 Å². The van der Waals surface area contributed by atoms with Gasteiger partial charge in [0.05, 0.1) is 11.5 Å². The van der Waals surface area contributed by atoms with E-state index in [1.165, 1.54) is 17.7 Å². The molecule has 0 aromatic carbocycles. The summed E-state index contributed by atoms with van der Waals surface area (Å²) in [5, 5.41) is 15.7. The standard InChI is InChI=1S/C16H21N3OS/c20-11-16(18-12-3-4-12)6-5-13(10-16)19-8-7-17-15(19)14-2-1-9-21-14/h1-2,7-9,12-13,18,20H,3-6,10-11H2. The van der Waals surface area contributed by atoms with Crippen LogP contribution >= 0.6 is 11.3 Å². The van der Waals surface area contributed by atoms with E-state index in [1.807, 2.05) is 6.20 Å². The summed E-state index contributed by atoms with van der Waals surface area (Å²) in [7, 11) is 0. The van der Waals surface area contributed by atoms with Gasteiger partial charge in [0.15, 0.2) is 0 Å². The van der Waals surface area contributed by atoms with E-state index in [4.69, 9.17) is 0 Å². The highest BCUT2D eigenvalue weighted by Gasteiger charge is 2.42. The quantitative estimate of drug-likeness (QED) is 0.893. The van der Waals surface area contributed by atoms with Crippen LogP contribution in [0.25, 0.3) is 10.7 Å². The van der Waals surface area contributed by atoms with E-state index in [-0.39, 0.29) is 12.1 Å². The Hall–Kier alpha value is -1.17. The second-order valence-corrected chi connectivity index (χ2v) is 7.34. The summed E-state index contributed by atoms with van der Waals surface area (Å²) in [5.41, 5.74) is -0.0805. The number of nitrogens with one attached hydrogen (secondary N) is 1. The van der Waals surface area contributed by atoms with Gasteiger partial charge >= 0.3 is 0 Å². The molecule has 0 amide bonds. The Morgan fingerprint density at radius 2 is 2.33 bits per heavy atom. The van der Waals surface area contributed by atoms with Gasteiger partial charge in [0.1, 0.15) is 5.82 Å². The fourth-order valence-corrected chi connectivity index (χ4v) is 4.25. The fraction of sp³-hybridized carbons (Fsp3) is 0.562. The van der Waals surface area contributed by atoms with Crippen LogP contribution in [-0.2, 0) is 0 Å². The molecule has 2 saturated carbocycles. The Bertz CT molecular complexity index is 605. The summed E-state index contributed by atoms with van der Waals surface area (Å²) in [6.07, 6.45) is 9.65. The van der Waals surface area contributed by atoms with Crippen LogP contribution in [0.3, 0.4) is 0 Å². The predicted molar refractivity (Wildman–Crippen MR) is 84.4 cm³/mol. The van der Waals surface area contributed by atoms with Gasteiger partial charge in [-0.3, -0.25) is 0 Å². The highest BCUT2D eigenvalue weighted by molar-refractivity contribution is 7.13. The zero-order valence-corrected chi connectivity index (χ0v) is 12.9. The molecule has 0 radical (unpaired) electrons. The topological polar surface area (TPSA) is 50.1 Å². The molecular weight excluding hydrogens is 282 g/mol. The number of imidazole rings is 1. The molecule has 0 aliphatic heterocycles. The molecule has 4 nitrogen and oxygen atoms in total. The smallest absolute Gasteiger partial charge is 0.150 e. The SMILES string of the molecule is OCC1(NC2CC2)CCC(n2ccnc2-c2cccs2)C1. The molecule has 21 heavy (non-hydrogen) atoms. The van der Waals surface area contributed by atoms with Crippen LogP contribution in [0.4, 0.5) is 0 Å². The maximum Gasteiger partial charge on any atom is 0.150 e. The van der Waals surface area contributed by atoms with Crippen LogP contribution in [0.5, 0.6) is 0 Å². The lowest BCUT2D eigenvalue weighted by Gasteiger charge is -2.29. The molecule has 2 unspecified atom stereocenters. The summed E-state index contributed by atoms with van der Waals surface area (Å²) in [5.74, 6) is 1.06. The first-order chi connectivity index (χ1) is 10.3. The summed E-state index contributed by atoms with van der Waals surface area (Å²) in [6.45, 7) is 0.239. The van der Waals surface area contributed by atoms with Gasteiger partial charge in [-0.2, -0.15) is 0 Å². The molecule has 2 N–H and O–H groups in total. The minimum absolute atomic E-state index is 0.0805. The largest absolute Gasteiger partial charge is 0.394 e. The van der Waals surface area contributed by atoms with Gasteiger partial charge in [0, 0.05) is 30.0 Å². The average Bonchev–Trinajstić information content (AvgIpc) is 2.95. The number of aliphatic hydroxyl groups is 1. The minimum Gasteiger partial charge on any atom is -0.394 e. The van der Waals surface area contributed by atoms with E-state index in [2.05, 4.69) is 38.6 Å². The summed E-state index contributed by atoms with van der Waals surface area (Å²) >= 11 is 1.73. The van der Waals surface area contributed by atoms with Crippen molar-refractivity contribution in [3.8, 4) is 10.7 Å². The lowest BCUT2D eigenvalue weighted by Crippen LogP contribution is -2.47. The Morgan fingerprint density at radius 1 is 1.43 bits per heavy atom. The van der Waals surface area contributed by atoms with Crippen LogP contribution in [0.2, 0.25) is 0 Å². The van der Waals surface area contributed by atoms with E-state index in [9.17, 15) is 5.11 Å². The van der Waals surface area contributed by atoms with E-state index in [1.54, 1.807) is 11.3 Å². The first kappa shape index (κ1) is 13.5. The maximum atomic E-state index is 9.88. The number of aromatic nitrogens is 2. The van der Waals surface area contributed by atoms with Crippen molar-refractivity contribution in [2.75, 3.05) is 6.61 Å². The third kappa shape index (κ3) is 2.54. The molecule has 2 heterocycles. The maximum absolute atomic E-state index is 9.88. The summed E-state index contributed by atoms with van der Waals surface area (Å²) in [6, 6.07) is 5.26. The van der Waals surface area contributed by atoms with Crippen molar-refractivity contribution in [3.63, 3.8) is 0 Å². The second-order valence-electron chi connectivity index (χ2n) is 6.39. The number of rotatable bonds is 5.